The van der Waals surface area contributed by atoms with Crippen LogP contribution in [0.3, 0.4) is 0 Å². The van der Waals surface area contributed by atoms with Crippen molar-refractivity contribution in [1.82, 2.24) is 20.9 Å². The molecule has 1 heterocycles. The maximum atomic E-state index is 13.2. The molecular weight excluding hydrogens is 512 g/mol. The molecule has 0 bridgehead atoms. The fraction of sp³-hybridized carbons (Fsp3) is 0.480. The van der Waals surface area contributed by atoms with Gasteiger partial charge in [-0.25, -0.2) is 4.79 Å². The summed E-state index contributed by atoms with van der Waals surface area (Å²) in [7, 11) is 0. The van der Waals surface area contributed by atoms with Gasteiger partial charge in [-0.3, -0.25) is 19.2 Å². The summed E-state index contributed by atoms with van der Waals surface area (Å²) in [6.45, 7) is 3.68. The van der Waals surface area contributed by atoms with Crippen LogP contribution in [-0.2, 0) is 30.4 Å². The zero-order valence-electron chi connectivity index (χ0n) is 21.4. The third-order valence-corrected chi connectivity index (χ3v) is 6.29. The zero-order valence-corrected chi connectivity index (χ0v) is 22.3. The summed E-state index contributed by atoms with van der Waals surface area (Å²) >= 11 is 3.97. The molecule has 0 aliphatic heterocycles. The smallest absolute Gasteiger partial charge is 0.326 e. The molecule has 2 rings (SSSR count). The number of hydrogen-bond donors (Lipinski definition) is 8. The number of aliphatic carboxylic acids is 1. The molecule has 0 aliphatic carbocycles. The number of para-hydroxylation sites is 1. The van der Waals surface area contributed by atoms with Crippen molar-refractivity contribution in [2.24, 2.45) is 17.4 Å². The van der Waals surface area contributed by atoms with Crippen LogP contribution in [0.25, 0.3) is 10.9 Å². The molecule has 0 radical (unpaired) electrons. The van der Waals surface area contributed by atoms with Crippen LogP contribution in [0.1, 0.15) is 38.7 Å². The molecule has 2 aromatic rings. The molecule has 0 saturated heterocycles. The number of carboxylic acid groups (broad SMARTS) is 1. The average Bonchev–Trinajstić information content (AvgIpc) is 3.27. The minimum Gasteiger partial charge on any atom is -0.480 e. The van der Waals surface area contributed by atoms with Gasteiger partial charge in [-0.05, 0) is 30.4 Å². The number of benzene rings is 1. The molecule has 12 nitrogen and oxygen atoms in total. The minimum absolute atomic E-state index is 0.0202. The number of carbonyl (C=O) groups is 5. The molecule has 13 heteroatoms. The van der Waals surface area contributed by atoms with Gasteiger partial charge in [0.1, 0.15) is 18.1 Å². The number of aromatic nitrogens is 1. The van der Waals surface area contributed by atoms with Gasteiger partial charge in [0.2, 0.25) is 23.6 Å². The third kappa shape index (κ3) is 9.06. The van der Waals surface area contributed by atoms with Gasteiger partial charge in [-0.15, -0.1) is 0 Å². The number of hydrogen-bond acceptors (Lipinski definition) is 7. The normalized spacial score (nSPS) is 14.3. The van der Waals surface area contributed by atoms with E-state index in [0.29, 0.717) is 5.56 Å². The van der Waals surface area contributed by atoms with E-state index in [2.05, 4.69) is 33.6 Å². The largest absolute Gasteiger partial charge is 0.480 e. The van der Waals surface area contributed by atoms with E-state index in [1.807, 2.05) is 38.1 Å². The van der Waals surface area contributed by atoms with Crippen LogP contribution in [0.15, 0.2) is 30.5 Å². The Balaban J connectivity index is 2.19. The molecule has 38 heavy (non-hydrogen) atoms. The van der Waals surface area contributed by atoms with Gasteiger partial charge in [-0.1, -0.05) is 32.0 Å². The number of carbonyl (C=O) groups excluding carboxylic acids is 4. The predicted octanol–water partition coefficient (Wildman–Crippen LogP) is -0.182. The lowest BCUT2D eigenvalue weighted by Gasteiger charge is -2.26. The molecule has 4 amide bonds. The number of thiol groups is 1. The number of nitrogens with two attached hydrogens (primary N) is 2. The second-order valence-electron chi connectivity index (χ2n) is 9.51. The fourth-order valence-corrected chi connectivity index (χ4v) is 4.05. The van der Waals surface area contributed by atoms with Crippen LogP contribution in [0.2, 0.25) is 0 Å². The Morgan fingerprint density at radius 1 is 0.974 bits per heavy atom. The Kier molecular flexibility index (Phi) is 11.6. The number of aromatic amines is 1. The van der Waals surface area contributed by atoms with Crippen molar-refractivity contribution in [3.05, 3.63) is 36.0 Å². The van der Waals surface area contributed by atoms with Crippen molar-refractivity contribution < 1.29 is 29.1 Å². The minimum atomic E-state index is -1.26. The maximum Gasteiger partial charge on any atom is 0.326 e. The highest BCUT2D eigenvalue weighted by atomic mass is 32.1. The van der Waals surface area contributed by atoms with Gasteiger partial charge in [0.25, 0.3) is 0 Å². The van der Waals surface area contributed by atoms with Gasteiger partial charge >= 0.3 is 5.97 Å². The standard InChI is InChI=1S/C25H36N6O6S/c1-13(2)9-19(30-23(34)18(7-8-21(27)32)29-22(33)16(26)12-38)24(35)31-20(25(36)37)10-14-11-28-17-6-4-3-5-15(14)17/h3-6,11,13,16,18-20,28,38H,7-10,12,26H2,1-2H3,(H2,27,32)(H,29,33)(H,30,34)(H,31,35)(H,36,37). The highest BCUT2D eigenvalue weighted by molar-refractivity contribution is 7.80. The number of H-pyrrole nitrogens is 1. The van der Waals surface area contributed by atoms with Crippen molar-refractivity contribution >= 4 is 53.1 Å². The van der Waals surface area contributed by atoms with E-state index in [-0.39, 0.29) is 37.4 Å². The van der Waals surface area contributed by atoms with E-state index in [0.717, 1.165) is 10.9 Å². The van der Waals surface area contributed by atoms with Gasteiger partial charge in [0.05, 0.1) is 6.04 Å². The highest BCUT2D eigenvalue weighted by Gasteiger charge is 2.31. The predicted molar refractivity (Wildman–Crippen MR) is 145 cm³/mol. The van der Waals surface area contributed by atoms with Crippen molar-refractivity contribution in [2.75, 3.05) is 5.75 Å². The summed E-state index contributed by atoms with van der Waals surface area (Å²) in [5.74, 6) is -3.99. The Bertz CT molecular complexity index is 1150. The Morgan fingerprint density at radius 2 is 1.58 bits per heavy atom. The lowest BCUT2D eigenvalue weighted by atomic mass is 10.0. The van der Waals surface area contributed by atoms with E-state index in [1.165, 1.54) is 0 Å². The Labute approximate surface area is 226 Å². The summed E-state index contributed by atoms with van der Waals surface area (Å²) < 4.78 is 0. The molecule has 4 unspecified atom stereocenters. The summed E-state index contributed by atoms with van der Waals surface area (Å²) in [5, 5.41) is 18.2. The first-order chi connectivity index (χ1) is 17.9. The first-order valence-electron chi connectivity index (χ1n) is 12.3. The lowest BCUT2D eigenvalue weighted by Crippen LogP contribution is -2.57. The number of carboxylic acids is 1. The topological polar surface area (TPSA) is 209 Å². The molecule has 0 spiro atoms. The highest BCUT2D eigenvalue weighted by Crippen LogP contribution is 2.19. The van der Waals surface area contributed by atoms with E-state index in [9.17, 15) is 29.1 Å². The van der Waals surface area contributed by atoms with Crippen molar-refractivity contribution in [2.45, 2.75) is 63.7 Å². The van der Waals surface area contributed by atoms with Crippen LogP contribution >= 0.6 is 12.6 Å². The van der Waals surface area contributed by atoms with Gasteiger partial charge in [-0.2, -0.15) is 12.6 Å². The summed E-state index contributed by atoms with van der Waals surface area (Å²) in [6, 6.07) is 2.86. The second-order valence-corrected chi connectivity index (χ2v) is 9.87. The van der Waals surface area contributed by atoms with Crippen LogP contribution in [-0.4, -0.2) is 69.6 Å². The van der Waals surface area contributed by atoms with Gasteiger partial charge in [0.15, 0.2) is 0 Å². The third-order valence-electron chi connectivity index (χ3n) is 5.90. The first-order valence-corrected chi connectivity index (χ1v) is 12.9. The number of primary amides is 1. The quantitative estimate of drug-likeness (QED) is 0.141. The Morgan fingerprint density at radius 3 is 2.18 bits per heavy atom. The van der Waals surface area contributed by atoms with E-state index < -0.39 is 53.8 Å². The number of fused-ring (bicyclic) bond motifs is 1. The van der Waals surface area contributed by atoms with Gasteiger partial charge < -0.3 is 37.5 Å². The van der Waals surface area contributed by atoms with Crippen LogP contribution in [0, 0.1) is 5.92 Å². The molecule has 0 aliphatic rings. The molecular formula is C25H36N6O6S. The Hall–Kier alpha value is -3.58. The average molecular weight is 549 g/mol. The molecule has 1 aromatic carbocycles. The lowest BCUT2D eigenvalue weighted by molar-refractivity contribution is -0.142. The van der Waals surface area contributed by atoms with Crippen molar-refractivity contribution in [3.63, 3.8) is 0 Å². The molecule has 0 saturated carbocycles. The van der Waals surface area contributed by atoms with Crippen molar-refractivity contribution in [1.29, 1.82) is 0 Å². The molecule has 208 valence electrons. The molecule has 9 N–H and O–H groups in total. The van der Waals surface area contributed by atoms with E-state index in [4.69, 9.17) is 11.5 Å². The number of rotatable bonds is 15. The molecule has 0 fully saturated rings. The first kappa shape index (κ1) is 30.6. The molecule has 4 atom stereocenters. The van der Waals surface area contributed by atoms with Crippen LogP contribution < -0.4 is 27.4 Å². The van der Waals surface area contributed by atoms with Crippen LogP contribution in [0.5, 0.6) is 0 Å². The fourth-order valence-electron chi connectivity index (χ4n) is 3.89. The van der Waals surface area contributed by atoms with Crippen molar-refractivity contribution in [3.8, 4) is 0 Å². The summed E-state index contributed by atoms with van der Waals surface area (Å²) in [4.78, 5) is 64.9. The monoisotopic (exact) mass is 548 g/mol. The van der Waals surface area contributed by atoms with Crippen LogP contribution in [0.4, 0.5) is 0 Å². The molecule has 1 aromatic heterocycles. The van der Waals surface area contributed by atoms with E-state index in [1.54, 1.807) is 6.20 Å². The summed E-state index contributed by atoms with van der Waals surface area (Å²) in [6.07, 6.45) is 1.61. The van der Waals surface area contributed by atoms with E-state index >= 15 is 0 Å². The number of amides is 4. The van der Waals surface area contributed by atoms with Gasteiger partial charge in [0, 0.05) is 35.7 Å². The second kappa shape index (κ2) is 14.4. The maximum absolute atomic E-state index is 13.2. The summed E-state index contributed by atoms with van der Waals surface area (Å²) in [5.41, 5.74) is 12.4. The zero-order chi connectivity index (χ0) is 28.4. The number of nitrogens with one attached hydrogen (secondary N) is 4. The SMILES string of the molecule is CC(C)CC(NC(=O)C(CCC(N)=O)NC(=O)C(N)CS)C(=O)NC(Cc1c[nH]c2ccccc12)C(=O)O.